The molecule has 0 aliphatic heterocycles. The van der Waals surface area contributed by atoms with Gasteiger partial charge in [0.1, 0.15) is 23.1 Å². The van der Waals surface area contributed by atoms with Gasteiger partial charge in [-0.3, -0.25) is 0 Å². The molecule has 3 aromatic rings. The van der Waals surface area contributed by atoms with E-state index in [4.69, 9.17) is 15.9 Å². The van der Waals surface area contributed by atoms with Crippen molar-refractivity contribution in [3.8, 4) is 29.2 Å². The number of terminal acetylenes is 1. The number of aromatic nitrogens is 3. The number of nitrogens with one attached hydrogen (secondary N) is 2. The van der Waals surface area contributed by atoms with Crippen LogP contribution in [0.5, 0.6) is 5.75 Å². The fourth-order valence-corrected chi connectivity index (χ4v) is 4.27. The number of hydrogen-bond donors (Lipinski definition) is 2. The molecule has 1 saturated carbocycles. The molecule has 2 heterocycles. The molecule has 4 rings (SSSR count). The Labute approximate surface area is 207 Å². The molecular weight excluding hydrogens is 438 g/mol. The summed E-state index contributed by atoms with van der Waals surface area (Å²) in [4.78, 5) is 13.2. The first kappa shape index (κ1) is 24.5. The molecule has 0 atom stereocenters. The molecule has 7 heteroatoms. The lowest BCUT2D eigenvalue weighted by Crippen LogP contribution is -2.17. The third-order valence-electron chi connectivity index (χ3n) is 6.19. The second kappa shape index (κ2) is 12.7. The summed E-state index contributed by atoms with van der Waals surface area (Å²) in [6, 6.07) is 10.2. The fourth-order valence-electron chi connectivity index (χ4n) is 4.27. The molecule has 182 valence electrons. The highest BCUT2D eigenvalue weighted by Crippen LogP contribution is 2.32. The molecular formula is C28H33N5O2. The number of methoxy groups -OCH3 is 1. The molecule has 0 amide bonds. The average molecular weight is 472 g/mol. The molecule has 1 aliphatic carbocycles. The third kappa shape index (κ3) is 7.17. The molecule has 0 spiro atoms. The second-order valence-corrected chi connectivity index (χ2v) is 8.78. The van der Waals surface area contributed by atoms with Crippen molar-refractivity contribution in [1.82, 2.24) is 15.0 Å². The minimum atomic E-state index is 0.500. The van der Waals surface area contributed by atoms with Crippen LogP contribution in [0, 0.1) is 18.3 Å². The maximum atomic E-state index is 5.81. The lowest BCUT2D eigenvalue weighted by Gasteiger charge is -2.23. The normalized spacial score (nSPS) is 13.7. The van der Waals surface area contributed by atoms with Gasteiger partial charge in [-0.25, -0.2) is 15.0 Å². The van der Waals surface area contributed by atoms with E-state index >= 15 is 0 Å². The molecule has 1 aliphatic rings. The third-order valence-corrected chi connectivity index (χ3v) is 6.19. The van der Waals surface area contributed by atoms with Crippen LogP contribution >= 0.6 is 0 Å². The minimum absolute atomic E-state index is 0.500. The van der Waals surface area contributed by atoms with E-state index in [1.54, 1.807) is 19.5 Å². The highest BCUT2D eigenvalue weighted by Gasteiger charge is 2.15. The number of nitrogens with zero attached hydrogens (tertiary/aromatic N) is 3. The maximum absolute atomic E-state index is 5.81. The maximum Gasteiger partial charge on any atom is 0.150 e. The molecule has 2 N–H and O–H groups in total. The van der Waals surface area contributed by atoms with Gasteiger partial charge in [0, 0.05) is 50.2 Å². The van der Waals surface area contributed by atoms with Crippen LogP contribution in [0.3, 0.4) is 0 Å². The molecule has 0 unspecified atom stereocenters. The lowest BCUT2D eigenvalue weighted by atomic mass is 9.89. The first-order valence-electron chi connectivity index (χ1n) is 12.3. The van der Waals surface area contributed by atoms with Crippen LogP contribution in [0.2, 0.25) is 0 Å². The SMILES string of the molecule is C#Cc1cnc(Nc2cc(NCC3CCCCC3)c(-c3ccc(OCCCOC)cc3)cn2)cn1. The highest BCUT2D eigenvalue weighted by atomic mass is 16.5. The van der Waals surface area contributed by atoms with Crippen LogP contribution in [0.1, 0.15) is 44.2 Å². The Morgan fingerprint density at radius 2 is 1.77 bits per heavy atom. The Hall–Kier alpha value is -3.63. The molecule has 1 aromatic carbocycles. The van der Waals surface area contributed by atoms with Crippen molar-refractivity contribution in [2.45, 2.75) is 38.5 Å². The second-order valence-electron chi connectivity index (χ2n) is 8.78. The van der Waals surface area contributed by atoms with Gasteiger partial charge >= 0.3 is 0 Å². The predicted molar refractivity (Wildman–Crippen MR) is 140 cm³/mol. The fraction of sp³-hybridized carbons (Fsp3) is 0.393. The molecule has 1 fully saturated rings. The van der Waals surface area contributed by atoms with E-state index in [2.05, 4.69) is 43.6 Å². The van der Waals surface area contributed by atoms with Crippen LogP contribution in [-0.2, 0) is 4.74 Å². The van der Waals surface area contributed by atoms with Gasteiger partial charge in [0.2, 0.25) is 0 Å². The molecule has 35 heavy (non-hydrogen) atoms. The van der Waals surface area contributed by atoms with Crippen molar-refractivity contribution >= 4 is 17.3 Å². The molecule has 0 saturated heterocycles. The Morgan fingerprint density at radius 3 is 2.49 bits per heavy atom. The number of anilines is 3. The summed E-state index contributed by atoms with van der Waals surface area (Å²) in [5.41, 5.74) is 3.67. The number of benzene rings is 1. The largest absolute Gasteiger partial charge is 0.494 e. The number of pyridine rings is 1. The Balaban J connectivity index is 1.51. The summed E-state index contributed by atoms with van der Waals surface area (Å²) >= 11 is 0. The van der Waals surface area contributed by atoms with Gasteiger partial charge in [-0.15, -0.1) is 6.42 Å². The van der Waals surface area contributed by atoms with Gasteiger partial charge in [0.15, 0.2) is 0 Å². The van der Waals surface area contributed by atoms with Crippen LogP contribution in [-0.4, -0.2) is 41.8 Å². The van der Waals surface area contributed by atoms with E-state index in [0.717, 1.165) is 35.5 Å². The van der Waals surface area contributed by atoms with Gasteiger partial charge in [0.25, 0.3) is 0 Å². The smallest absolute Gasteiger partial charge is 0.150 e. The average Bonchev–Trinajstić information content (AvgIpc) is 2.91. The van der Waals surface area contributed by atoms with Crippen molar-refractivity contribution in [1.29, 1.82) is 0 Å². The van der Waals surface area contributed by atoms with Crippen LogP contribution in [0.15, 0.2) is 48.9 Å². The van der Waals surface area contributed by atoms with E-state index in [1.165, 1.54) is 32.1 Å². The Bertz CT molecular complexity index is 1100. The van der Waals surface area contributed by atoms with Crippen molar-refractivity contribution in [2.24, 2.45) is 5.92 Å². The molecule has 0 bridgehead atoms. The number of rotatable bonds is 11. The van der Waals surface area contributed by atoms with Crippen molar-refractivity contribution in [3.63, 3.8) is 0 Å². The summed E-state index contributed by atoms with van der Waals surface area (Å²) in [6.45, 7) is 2.28. The Kier molecular flexibility index (Phi) is 8.91. The topological polar surface area (TPSA) is 81.2 Å². The summed E-state index contributed by atoms with van der Waals surface area (Å²) < 4.78 is 10.9. The van der Waals surface area contributed by atoms with Gasteiger partial charge < -0.3 is 20.1 Å². The monoisotopic (exact) mass is 471 g/mol. The summed E-state index contributed by atoms with van der Waals surface area (Å²) in [6.07, 6.45) is 17.9. The quantitative estimate of drug-likeness (QED) is 0.275. The van der Waals surface area contributed by atoms with E-state index in [9.17, 15) is 0 Å². The standard InChI is InChI=1S/C28H33N5O2/c1-3-23-18-31-28(20-29-23)33-27-16-26(30-17-21-8-5-4-6-9-21)25(19-32-27)22-10-12-24(13-11-22)35-15-7-14-34-2/h1,10-13,16,18-21H,4-9,14-15,17H2,2H3,(H2,30,31,32,33). The molecule has 0 radical (unpaired) electrons. The van der Waals surface area contributed by atoms with Gasteiger partial charge in [-0.1, -0.05) is 31.4 Å². The first-order valence-corrected chi connectivity index (χ1v) is 12.3. The zero-order chi connectivity index (χ0) is 24.3. The highest BCUT2D eigenvalue weighted by molar-refractivity contribution is 5.79. The van der Waals surface area contributed by atoms with Crippen molar-refractivity contribution in [2.75, 3.05) is 37.5 Å². The minimum Gasteiger partial charge on any atom is -0.494 e. The summed E-state index contributed by atoms with van der Waals surface area (Å²) in [5.74, 6) is 5.32. The van der Waals surface area contributed by atoms with E-state index < -0.39 is 0 Å². The van der Waals surface area contributed by atoms with Crippen LogP contribution < -0.4 is 15.4 Å². The lowest BCUT2D eigenvalue weighted by molar-refractivity contribution is 0.172. The van der Waals surface area contributed by atoms with Gasteiger partial charge in [0.05, 0.1) is 19.0 Å². The summed E-state index contributed by atoms with van der Waals surface area (Å²) in [5, 5.41) is 6.93. The van der Waals surface area contributed by atoms with Crippen molar-refractivity contribution < 1.29 is 9.47 Å². The van der Waals surface area contributed by atoms with E-state index in [1.807, 2.05) is 24.4 Å². The predicted octanol–water partition coefficient (Wildman–Crippen LogP) is 5.67. The van der Waals surface area contributed by atoms with Gasteiger partial charge in [-0.2, -0.15) is 0 Å². The van der Waals surface area contributed by atoms with E-state index in [0.29, 0.717) is 36.5 Å². The number of hydrogen-bond acceptors (Lipinski definition) is 7. The zero-order valence-electron chi connectivity index (χ0n) is 20.3. The first-order chi connectivity index (χ1) is 17.2. The molecule has 7 nitrogen and oxygen atoms in total. The Morgan fingerprint density at radius 1 is 0.971 bits per heavy atom. The van der Waals surface area contributed by atoms with Crippen LogP contribution in [0.25, 0.3) is 11.1 Å². The summed E-state index contributed by atoms with van der Waals surface area (Å²) in [7, 11) is 1.70. The zero-order valence-corrected chi connectivity index (χ0v) is 20.3. The molecule has 2 aromatic heterocycles. The van der Waals surface area contributed by atoms with Gasteiger partial charge in [-0.05, 0) is 42.4 Å². The van der Waals surface area contributed by atoms with Crippen molar-refractivity contribution in [3.05, 3.63) is 54.6 Å². The van der Waals surface area contributed by atoms with E-state index in [-0.39, 0.29) is 0 Å². The van der Waals surface area contributed by atoms with Crippen LogP contribution in [0.4, 0.5) is 17.3 Å². The number of ether oxygens (including phenoxy) is 2.